The standard InChI is InChI=1S/C27H26N2O4S/c1-2-18-29-24-16-10-9-15-23(24)25(22-13-7-4-8-14-22)26(34(29,31)32)27(30)28-17-19-33-20-21-11-5-3-6-12-21/h2-16H,1,17-20H2,(H,28,30). The van der Waals surface area contributed by atoms with E-state index in [0.29, 0.717) is 29.0 Å². The molecule has 1 heterocycles. The third-order valence-electron chi connectivity index (χ3n) is 5.42. The SMILES string of the molecule is C=CCN1c2ccccc2C(c2ccccc2)=C(C(=O)NCCOCc2ccccc2)S1(=O)=O. The largest absolute Gasteiger partial charge is 0.375 e. The van der Waals surface area contributed by atoms with Crippen LogP contribution < -0.4 is 9.62 Å². The van der Waals surface area contributed by atoms with Gasteiger partial charge in [0.15, 0.2) is 4.91 Å². The van der Waals surface area contributed by atoms with Crippen molar-refractivity contribution in [3.8, 4) is 0 Å². The number of benzene rings is 3. The molecule has 1 amide bonds. The highest BCUT2D eigenvalue weighted by molar-refractivity contribution is 7.97. The first-order valence-electron chi connectivity index (χ1n) is 11.0. The molecule has 0 bridgehead atoms. The number of anilines is 1. The normalized spacial score (nSPS) is 14.4. The molecule has 4 rings (SSSR count). The predicted molar refractivity (Wildman–Crippen MR) is 134 cm³/mol. The van der Waals surface area contributed by atoms with Gasteiger partial charge in [0.05, 0.1) is 25.4 Å². The Morgan fingerprint density at radius 1 is 0.941 bits per heavy atom. The Morgan fingerprint density at radius 3 is 2.29 bits per heavy atom. The average molecular weight is 475 g/mol. The van der Waals surface area contributed by atoms with Crippen LogP contribution in [0.1, 0.15) is 16.7 Å². The molecular weight excluding hydrogens is 448 g/mol. The monoisotopic (exact) mass is 474 g/mol. The van der Waals surface area contributed by atoms with Crippen molar-refractivity contribution >= 4 is 27.2 Å². The molecule has 0 fully saturated rings. The van der Waals surface area contributed by atoms with Crippen LogP contribution in [0, 0.1) is 0 Å². The summed E-state index contributed by atoms with van der Waals surface area (Å²) in [4.78, 5) is 13.1. The zero-order valence-electron chi connectivity index (χ0n) is 18.7. The molecule has 0 aliphatic carbocycles. The number of carbonyl (C=O) groups is 1. The summed E-state index contributed by atoms with van der Waals surface area (Å²) >= 11 is 0. The van der Waals surface area contributed by atoms with Gasteiger partial charge in [-0.1, -0.05) is 84.9 Å². The van der Waals surface area contributed by atoms with Gasteiger partial charge in [0.1, 0.15) is 0 Å². The number of carbonyl (C=O) groups excluding carboxylic acids is 1. The van der Waals surface area contributed by atoms with Crippen LogP contribution in [0.4, 0.5) is 5.69 Å². The quantitative estimate of drug-likeness (QED) is 0.374. The van der Waals surface area contributed by atoms with E-state index in [1.165, 1.54) is 10.4 Å². The van der Waals surface area contributed by atoms with Crippen LogP contribution in [0.5, 0.6) is 0 Å². The summed E-state index contributed by atoms with van der Waals surface area (Å²) in [6, 6.07) is 26.0. The summed E-state index contributed by atoms with van der Waals surface area (Å²) in [5.74, 6) is -0.661. The smallest absolute Gasteiger partial charge is 0.270 e. The summed E-state index contributed by atoms with van der Waals surface area (Å²) < 4.78 is 34.2. The molecule has 0 saturated heterocycles. The number of para-hydroxylation sites is 1. The Balaban J connectivity index is 1.65. The molecule has 6 nitrogen and oxygen atoms in total. The lowest BCUT2D eigenvalue weighted by atomic mass is 9.95. The topological polar surface area (TPSA) is 75.7 Å². The van der Waals surface area contributed by atoms with Gasteiger partial charge < -0.3 is 10.1 Å². The van der Waals surface area contributed by atoms with Crippen molar-refractivity contribution < 1.29 is 17.9 Å². The highest BCUT2D eigenvalue weighted by atomic mass is 32.2. The van der Waals surface area contributed by atoms with Crippen molar-refractivity contribution in [1.29, 1.82) is 0 Å². The average Bonchev–Trinajstić information content (AvgIpc) is 2.86. The van der Waals surface area contributed by atoms with E-state index in [-0.39, 0.29) is 24.6 Å². The number of amides is 1. The van der Waals surface area contributed by atoms with E-state index < -0.39 is 15.9 Å². The Hall–Kier alpha value is -3.68. The second kappa shape index (κ2) is 10.5. The van der Waals surface area contributed by atoms with Crippen molar-refractivity contribution in [3.63, 3.8) is 0 Å². The summed E-state index contributed by atoms with van der Waals surface area (Å²) in [7, 11) is -4.13. The lowest BCUT2D eigenvalue weighted by Gasteiger charge is -2.32. The maximum atomic E-state index is 13.7. The molecule has 34 heavy (non-hydrogen) atoms. The molecule has 174 valence electrons. The van der Waals surface area contributed by atoms with E-state index >= 15 is 0 Å². The molecule has 1 aliphatic rings. The van der Waals surface area contributed by atoms with Gasteiger partial charge in [-0.15, -0.1) is 6.58 Å². The van der Waals surface area contributed by atoms with Crippen molar-refractivity contribution in [3.05, 3.63) is 119 Å². The first-order chi connectivity index (χ1) is 16.5. The molecule has 3 aromatic rings. The summed E-state index contributed by atoms with van der Waals surface area (Å²) in [6.07, 6.45) is 1.51. The lowest BCUT2D eigenvalue weighted by molar-refractivity contribution is -0.117. The van der Waals surface area contributed by atoms with Crippen molar-refractivity contribution in [2.24, 2.45) is 0 Å². The molecule has 1 aliphatic heterocycles. The van der Waals surface area contributed by atoms with E-state index in [1.54, 1.807) is 24.3 Å². The van der Waals surface area contributed by atoms with E-state index in [9.17, 15) is 13.2 Å². The number of hydrogen-bond acceptors (Lipinski definition) is 4. The van der Waals surface area contributed by atoms with Gasteiger partial charge in [-0.25, -0.2) is 8.42 Å². The zero-order valence-corrected chi connectivity index (χ0v) is 19.5. The fourth-order valence-electron chi connectivity index (χ4n) is 3.91. The first-order valence-corrected chi connectivity index (χ1v) is 12.4. The Labute approximate surface area is 200 Å². The molecule has 0 atom stereocenters. The minimum atomic E-state index is -4.13. The van der Waals surface area contributed by atoms with E-state index in [4.69, 9.17) is 4.74 Å². The highest BCUT2D eigenvalue weighted by Gasteiger charge is 2.40. The highest BCUT2D eigenvalue weighted by Crippen LogP contribution is 2.42. The van der Waals surface area contributed by atoms with Gasteiger partial charge >= 0.3 is 0 Å². The molecule has 1 N–H and O–H groups in total. The number of rotatable bonds is 9. The number of hydrogen-bond donors (Lipinski definition) is 1. The molecular formula is C27H26N2O4S. The fraction of sp³-hybridized carbons (Fsp3) is 0.148. The van der Waals surface area contributed by atoms with E-state index in [2.05, 4.69) is 11.9 Å². The van der Waals surface area contributed by atoms with Crippen LogP contribution in [0.2, 0.25) is 0 Å². The van der Waals surface area contributed by atoms with E-state index in [0.717, 1.165) is 5.56 Å². The van der Waals surface area contributed by atoms with Crippen LogP contribution in [0.25, 0.3) is 5.57 Å². The lowest BCUT2D eigenvalue weighted by Crippen LogP contribution is -2.42. The Morgan fingerprint density at radius 2 is 1.59 bits per heavy atom. The van der Waals surface area contributed by atoms with Crippen LogP contribution >= 0.6 is 0 Å². The van der Waals surface area contributed by atoms with E-state index in [1.807, 2.05) is 60.7 Å². The number of fused-ring (bicyclic) bond motifs is 1. The Kier molecular flexibility index (Phi) is 7.25. The minimum absolute atomic E-state index is 0.0540. The summed E-state index contributed by atoms with van der Waals surface area (Å²) in [5, 5.41) is 2.73. The second-order valence-corrected chi connectivity index (χ2v) is 9.51. The van der Waals surface area contributed by atoms with Crippen LogP contribution in [-0.2, 0) is 26.2 Å². The van der Waals surface area contributed by atoms with Gasteiger partial charge in [0, 0.05) is 17.7 Å². The third kappa shape index (κ3) is 4.81. The van der Waals surface area contributed by atoms with Crippen molar-refractivity contribution in [2.45, 2.75) is 6.61 Å². The van der Waals surface area contributed by atoms with Crippen LogP contribution in [-0.4, -0.2) is 34.0 Å². The number of nitrogens with zero attached hydrogens (tertiary/aromatic N) is 1. The minimum Gasteiger partial charge on any atom is -0.375 e. The summed E-state index contributed by atoms with van der Waals surface area (Å²) in [5.41, 5.74) is 3.26. The molecule has 3 aromatic carbocycles. The van der Waals surface area contributed by atoms with Crippen molar-refractivity contribution in [2.75, 3.05) is 24.0 Å². The van der Waals surface area contributed by atoms with Gasteiger partial charge in [0.2, 0.25) is 0 Å². The molecule has 0 unspecified atom stereocenters. The maximum Gasteiger partial charge on any atom is 0.270 e. The molecule has 0 aromatic heterocycles. The van der Waals surface area contributed by atoms with Gasteiger partial charge in [-0.2, -0.15) is 0 Å². The predicted octanol–water partition coefficient (Wildman–Crippen LogP) is 4.11. The van der Waals surface area contributed by atoms with Crippen molar-refractivity contribution in [1.82, 2.24) is 5.32 Å². The molecule has 7 heteroatoms. The molecule has 0 radical (unpaired) electrons. The van der Waals surface area contributed by atoms with Gasteiger partial charge in [-0.05, 0) is 17.2 Å². The fourth-order valence-corrected chi connectivity index (χ4v) is 5.64. The molecule has 0 spiro atoms. The van der Waals surface area contributed by atoms with Gasteiger partial charge in [0.25, 0.3) is 15.9 Å². The second-order valence-electron chi connectivity index (χ2n) is 7.71. The van der Waals surface area contributed by atoms with Crippen LogP contribution in [0.3, 0.4) is 0 Å². The Bertz CT molecular complexity index is 1300. The number of sulfonamides is 1. The van der Waals surface area contributed by atoms with Gasteiger partial charge in [-0.3, -0.25) is 9.10 Å². The third-order valence-corrected chi connectivity index (χ3v) is 7.26. The number of nitrogens with one attached hydrogen (secondary N) is 1. The summed E-state index contributed by atoms with van der Waals surface area (Å²) in [6.45, 7) is 4.59. The van der Waals surface area contributed by atoms with Crippen LogP contribution in [0.15, 0.2) is 102 Å². The number of ether oxygens (including phenoxy) is 1. The zero-order chi connectivity index (χ0) is 24.0. The molecule has 0 saturated carbocycles. The first kappa shape index (κ1) is 23.5. The maximum absolute atomic E-state index is 13.7.